The minimum atomic E-state index is -0.990. The highest BCUT2D eigenvalue weighted by atomic mass is 32.2. The second-order valence-electron chi connectivity index (χ2n) is 3.84. The third-order valence-corrected chi connectivity index (χ3v) is 4.62. The number of hydrogen-bond acceptors (Lipinski definition) is 3. The van der Waals surface area contributed by atoms with Gasteiger partial charge in [-0.1, -0.05) is 0 Å². The van der Waals surface area contributed by atoms with E-state index >= 15 is 0 Å². The smallest absolute Gasteiger partial charge is 0.328 e. The van der Waals surface area contributed by atoms with Crippen LogP contribution in [0.5, 0.6) is 0 Å². The molecule has 1 heterocycles. The molecule has 0 amide bonds. The topological polar surface area (TPSA) is 37.3 Å². The number of thioether (sulfide) groups is 1. The number of carboxylic acid groups (broad SMARTS) is 1. The largest absolute Gasteiger partial charge is 0.478 e. The summed E-state index contributed by atoms with van der Waals surface area (Å²) >= 11 is 2.86. The molecular weight excluding hydrogens is 302 g/mol. The SMILES string of the molecule is O=C(O)C=Cc1ccc(CSc2ccc(F)c(F)c2)s1. The first-order valence-corrected chi connectivity index (χ1v) is 7.42. The Labute approximate surface area is 122 Å². The van der Waals surface area contributed by atoms with E-state index in [-0.39, 0.29) is 0 Å². The summed E-state index contributed by atoms with van der Waals surface area (Å²) in [5.41, 5.74) is 0. The fourth-order valence-electron chi connectivity index (χ4n) is 1.44. The number of halogens is 2. The maximum atomic E-state index is 13.0. The van der Waals surface area contributed by atoms with Crippen LogP contribution in [0.4, 0.5) is 8.78 Å². The molecule has 20 heavy (non-hydrogen) atoms. The van der Waals surface area contributed by atoms with Gasteiger partial charge >= 0.3 is 5.97 Å². The molecule has 0 aliphatic rings. The Balaban J connectivity index is 1.97. The van der Waals surface area contributed by atoms with E-state index in [4.69, 9.17) is 5.11 Å². The zero-order valence-corrected chi connectivity index (χ0v) is 11.8. The van der Waals surface area contributed by atoms with Crippen LogP contribution in [0.25, 0.3) is 6.08 Å². The summed E-state index contributed by atoms with van der Waals surface area (Å²) in [5, 5.41) is 8.53. The lowest BCUT2D eigenvalue weighted by atomic mass is 10.3. The van der Waals surface area contributed by atoms with Crippen LogP contribution in [0.2, 0.25) is 0 Å². The highest BCUT2D eigenvalue weighted by molar-refractivity contribution is 7.98. The van der Waals surface area contributed by atoms with Crippen molar-refractivity contribution in [2.75, 3.05) is 0 Å². The Morgan fingerprint density at radius 1 is 1.25 bits per heavy atom. The molecule has 0 aliphatic heterocycles. The number of rotatable bonds is 5. The van der Waals surface area contributed by atoms with E-state index in [1.165, 1.54) is 41.3 Å². The van der Waals surface area contributed by atoms with Crippen molar-refractivity contribution in [3.63, 3.8) is 0 Å². The maximum absolute atomic E-state index is 13.0. The predicted molar refractivity (Wildman–Crippen MR) is 76.9 cm³/mol. The summed E-state index contributed by atoms with van der Waals surface area (Å²) in [4.78, 5) is 12.9. The average Bonchev–Trinajstić information content (AvgIpc) is 2.86. The van der Waals surface area contributed by atoms with Crippen molar-refractivity contribution < 1.29 is 18.7 Å². The number of carboxylic acids is 1. The summed E-state index contributed by atoms with van der Waals surface area (Å²) in [5.74, 6) is -2.08. The van der Waals surface area contributed by atoms with E-state index in [0.29, 0.717) is 10.6 Å². The summed E-state index contributed by atoms with van der Waals surface area (Å²) in [7, 11) is 0. The van der Waals surface area contributed by atoms with E-state index in [9.17, 15) is 13.6 Å². The minimum Gasteiger partial charge on any atom is -0.478 e. The zero-order valence-electron chi connectivity index (χ0n) is 10.2. The normalized spacial score (nSPS) is 11.1. The van der Waals surface area contributed by atoms with Gasteiger partial charge in [-0.3, -0.25) is 0 Å². The predicted octanol–water partition coefficient (Wildman–Crippen LogP) is 4.42. The second-order valence-corrected chi connectivity index (χ2v) is 6.09. The molecule has 0 spiro atoms. The Morgan fingerprint density at radius 3 is 2.75 bits per heavy atom. The molecule has 1 aromatic heterocycles. The van der Waals surface area contributed by atoms with Gasteiger partial charge in [0.05, 0.1) is 0 Å². The van der Waals surface area contributed by atoms with Gasteiger partial charge in [-0.2, -0.15) is 0 Å². The van der Waals surface area contributed by atoms with Crippen molar-refractivity contribution in [1.82, 2.24) is 0 Å². The summed E-state index contributed by atoms with van der Waals surface area (Å²) in [6.07, 6.45) is 2.61. The molecule has 104 valence electrons. The molecule has 0 atom stereocenters. The molecule has 0 radical (unpaired) electrons. The second kappa shape index (κ2) is 6.67. The van der Waals surface area contributed by atoms with Crippen molar-refractivity contribution in [2.24, 2.45) is 0 Å². The number of carbonyl (C=O) groups is 1. The first-order chi connectivity index (χ1) is 9.54. The Kier molecular flexibility index (Phi) is 4.92. The van der Waals surface area contributed by atoms with Crippen molar-refractivity contribution >= 4 is 35.1 Å². The van der Waals surface area contributed by atoms with Crippen molar-refractivity contribution in [1.29, 1.82) is 0 Å². The van der Waals surface area contributed by atoms with Crippen LogP contribution in [-0.2, 0) is 10.5 Å². The third kappa shape index (κ3) is 4.18. The molecule has 0 saturated heterocycles. The first kappa shape index (κ1) is 14.7. The molecule has 0 aliphatic carbocycles. The third-order valence-electron chi connectivity index (χ3n) is 2.34. The first-order valence-electron chi connectivity index (χ1n) is 5.62. The van der Waals surface area contributed by atoms with E-state index in [0.717, 1.165) is 21.9 Å². The molecule has 0 unspecified atom stereocenters. The average molecular weight is 312 g/mol. The van der Waals surface area contributed by atoms with Crippen LogP contribution in [-0.4, -0.2) is 11.1 Å². The molecular formula is C14H10F2O2S2. The van der Waals surface area contributed by atoms with Crippen LogP contribution in [0.1, 0.15) is 9.75 Å². The zero-order chi connectivity index (χ0) is 14.5. The highest BCUT2D eigenvalue weighted by Crippen LogP contribution is 2.28. The monoisotopic (exact) mass is 312 g/mol. The van der Waals surface area contributed by atoms with E-state index < -0.39 is 17.6 Å². The molecule has 0 bridgehead atoms. The van der Waals surface area contributed by atoms with Crippen molar-refractivity contribution in [2.45, 2.75) is 10.6 Å². The highest BCUT2D eigenvalue weighted by Gasteiger charge is 2.04. The maximum Gasteiger partial charge on any atom is 0.328 e. The van der Waals surface area contributed by atoms with Crippen LogP contribution >= 0.6 is 23.1 Å². The number of thiophene rings is 1. The van der Waals surface area contributed by atoms with Crippen LogP contribution in [0.3, 0.4) is 0 Å². The standard InChI is InChI=1S/C14H10F2O2S2/c15-12-5-3-10(7-13(12)16)19-8-11-2-1-9(20-11)4-6-14(17)18/h1-7H,8H2,(H,17,18). The van der Waals surface area contributed by atoms with E-state index in [1.54, 1.807) is 0 Å². The van der Waals surface area contributed by atoms with E-state index in [1.807, 2.05) is 12.1 Å². The van der Waals surface area contributed by atoms with Crippen LogP contribution in [0.15, 0.2) is 41.3 Å². The molecule has 2 rings (SSSR count). The van der Waals surface area contributed by atoms with E-state index in [2.05, 4.69) is 0 Å². The number of benzene rings is 1. The minimum absolute atomic E-state index is 0.622. The van der Waals surface area contributed by atoms with Gasteiger partial charge in [-0.05, 0) is 36.4 Å². The van der Waals surface area contributed by atoms with Gasteiger partial charge in [-0.15, -0.1) is 23.1 Å². The molecule has 1 aromatic carbocycles. The van der Waals surface area contributed by atoms with Gasteiger partial charge in [0, 0.05) is 26.5 Å². The molecule has 2 nitrogen and oxygen atoms in total. The summed E-state index contributed by atoms with van der Waals surface area (Å²) in [6.45, 7) is 0. The van der Waals surface area contributed by atoms with Gasteiger partial charge in [0.2, 0.25) is 0 Å². The van der Waals surface area contributed by atoms with Crippen LogP contribution < -0.4 is 0 Å². The Hall–Kier alpha value is -1.66. The van der Waals surface area contributed by atoms with Gasteiger partial charge in [0.25, 0.3) is 0 Å². The lowest BCUT2D eigenvalue weighted by molar-refractivity contribution is -0.131. The molecule has 0 fully saturated rings. The Bertz CT molecular complexity index is 650. The quantitative estimate of drug-likeness (QED) is 0.656. The molecule has 2 aromatic rings. The van der Waals surface area contributed by atoms with Gasteiger partial charge in [0.1, 0.15) is 0 Å². The lowest BCUT2D eigenvalue weighted by Crippen LogP contribution is -1.84. The fraction of sp³-hybridized carbons (Fsp3) is 0.0714. The van der Waals surface area contributed by atoms with Gasteiger partial charge < -0.3 is 5.11 Å². The van der Waals surface area contributed by atoms with Gasteiger partial charge in [-0.25, -0.2) is 13.6 Å². The van der Waals surface area contributed by atoms with Crippen LogP contribution in [0, 0.1) is 11.6 Å². The molecule has 6 heteroatoms. The lowest BCUT2D eigenvalue weighted by Gasteiger charge is -2.00. The number of aliphatic carboxylic acids is 1. The summed E-state index contributed by atoms with van der Waals surface area (Å²) in [6, 6.07) is 7.51. The van der Waals surface area contributed by atoms with Crippen molar-refractivity contribution in [3.8, 4) is 0 Å². The molecule has 0 saturated carbocycles. The van der Waals surface area contributed by atoms with Gasteiger partial charge in [0.15, 0.2) is 11.6 Å². The number of hydrogen-bond donors (Lipinski definition) is 1. The molecule has 1 N–H and O–H groups in total. The van der Waals surface area contributed by atoms with Crippen molar-refractivity contribution in [3.05, 3.63) is 57.8 Å². The Morgan fingerprint density at radius 2 is 2.05 bits per heavy atom. The summed E-state index contributed by atoms with van der Waals surface area (Å²) < 4.78 is 25.8. The fourth-order valence-corrected chi connectivity index (χ4v) is 3.32.